The summed E-state index contributed by atoms with van der Waals surface area (Å²) in [6.45, 7) is 31.9. The fraction of sp³-hybridized carbons (Fsp3) is 0.581. The number of rotatable bonds is 14. The molecule has 1 fully saturated rings. The van der Waals surface area contributed by atoms with Crippen LogP contribution in [0.4, 0.5) is 0 Å². The fourth-order valence-corrected chi connectivity index (χ4v) is 9.50. The molecule has 0 aliphatic carbocycles. The third-order valence-electron chi connectivity index (χ3n) is 11.7. The molecule has 0 amide bonds. The van der Waals surface area contributed by atoms with Crippen LogP contribution in [0.5, 0.6) is 0 Å². The maximum Gasteiger partial charge on any atom is 0.192 e. The molecule has 0 aromatic heterocycles. The van der Waals surface area contributed by atoms with Crippen LogP contribution in [0.3, 0.4) is 0 Å². The molecule has 9 heteroatoms. The highest BCUT2D eigenvalue weighted by Gasteiger charge is 2.59. The fourth-order valence-electron chi connectivity index (χ4n) is 6.14. The van der Waals surface area contributed by atoms with Gasteiger partial charge >= 0.3 is 0 Å². The predicted molar refractivity (Wildman–Crippen MR) is 223 cm³/mol. The summed E-state index contributed by atoms with van der Waals surface area (Å²) in [6.07, 6.45) is -2.91. The van der Waals surface area contributed by atoms with E-state index in [-0.39, 0.29) is 16.7 Å². The first kappa shape index (κ1) is 42.8. The van der Waals surface area contributed by atoms with Gasteiger partial charge in [-0.05, 0) is 65.9 Å². The Hall–Kier alpha value is -1.93. The van der Waals surface area contributed by atoms with Crippen LogP contribution in [0.2, 0.25) is 61.9 Å². The largest absolute Gasteiger partial charge is 0.408 e. The van der Waals surface area contributed by atoms with Crippen molar-refractivity contribution in [2.45, 2.75) is 146 Å². The van der Waals surface area contributed by atoms with Gasteiger partial charge in [0, 0.05) is 14.7 Å². The lowest BCUT2D eigenvalue weighted by Gasteiger charge is -2.55. The van der Waals surface area contributed by atoms with Crippen molar-refractivity contribution < 1.29 is 28.2 Å². The number of hydrogen-bond acceptors (Lipinski definition) is 6. The minimum Gasteiger partial charge on any atom is -0.408 e. The van der Waals surface area contributed by atoms with E-state index in [1.807, 2.05) is 61.5 Å². The van der Waals surface area contributed by atoms with Crippen molar-refractivity contribution >= 4 is 24.7 Å². The molecule has 0 saturated carbocycles. The monoisotopic (exact) mass is 764 g/mol. The smallest absolute Gasteiger partial charge is 0.192 e. The maximum atomic E-state index is 13.0. The van der Waals surface area contributed by atoms with Crippen molar-refractivity contribution in [3.05, 3.63) is 108 Å². The summed E-state index contributed by atoms with van der Waals surface area (Å²) in [5, 5.41) is 12.8. The zero-order valence-corrected chi connectivity index (χ0v) is 37.6. The molecule has 5 atom stereocenters. The van der Waals surface area contributed by atoms with Gasteiger partial charge in [-0.2, -0.15) is 0 Å². The Kier molecular flexibility index (Phi) is 13.2. The van der Waals surface area contributed by atoms with Crippen molar-refractivity contribution in [3.8, 4) is 0 Å². The average molecular weight is 765 g/mol. The molecule has 0 bridgehead atoms. The summed E-state index contributed by atoms with van der Waals surface area (Å²) < 4.78 is 35.6. The van der Waals surface area contributed by atoms with Crippen molar-refractivity contribution in [2.75, 3.05) is 13.2 Å². The molecule has 3 aromatic rings. The molecule has 0 unspecified atom stereocenters. The molecule has 1 aliphatic rings. The van der Waals surface area contributed by atoms with Gasteiger partial charge in [0.05, 0.1) is 6.61 Å². The summed E-state index contributed by atoms with van der Waals surface area (Å²) >= 11 is 0. The summed E-state index contributed by atoms with van der Waals surface area (Å²) in [5.41, 5.74) is 0.482. The molecule has 1 saturated heterocycles. The molecule has 1 aliphatic heterocycles. The second kappa shape index (κ2) is 16.0. The van der Waals surface area contributed by atoms with E-state index in [1.54, 1.807) is 0 Å². The Bertz CT molecular complexity index is 1450. The van der Waals surface area contributed by atoms with Crippen LogP contribution < -0.4 is 0 Å². The molecule has 0 spiro atoms. The van der Waals surface area contributed by atoms with Crippen LogP contribution in [-0.2, 0) is 28.7 Å². The van der Waals surface area contributed by atoms with Gasteiger partial charge in [-0.15, -0.1) is 0 Å². The second-order valence-electron chi connectivity index (χ2n) is 19.1. The summed E-state index contributed by atoms with van der Waals surface area (Å²) in [5.74, 6) is 0. The van der Waals surface area contributed by atoms with Crippen LogP contribution >= 0.6 is 0 Å². The van der Waals surface area contributed by atoms with E-state index < -0.39 is 60.5 Å². The first-order chi connectivity index (χ1) is 23.9. The average Bonchev–Trinajstić information content (AvgIpc) is 3.04. The Morgan fingerprint density at radius 2 is 1.06 bits per heavy atom. The maximum absolute atomic E-state index is 13.0. The summed E-state index contributed by atoms with van der Waals surface area (Å²) in [4.78, 5) is 0. The molecule has 52 heavy (non-hydrogen) atoms. The van der Waals surface area contributed by atoms with Gasteiger partial charge in [0.25, 0.3) is 0 Å². The van der Waals surface area contributed by atoms with Crippen molar-refractivity contribution in [3.63, 3.8) is 0 Å². The van der Waals surface area contributed by atoms with Crippen LogP contribution in [0.1, 0.15) is 65.2 Å². The van der Waals surface area contributed by atoms with Crippen LogP contribution in [-0.4, -0.2) is 73.2 Å². The lowest BCUT2D eigenvalue weighted by Crippen LogP contribution is -2.71. The molecule has 288 valence electrons. The number of aliphatic hydroxyl groups is 1. The Morgan fingerprint density at radius 3 is 1.44 bits per heavy atom. The normalized spacial score (nSPS) is 23.8. The van der Waals surface area contributed by atoms with Gasteiger partial charge in [0.1, 0.15) is 29.5 Å². The number of hydrogen-bond donors (Lipinski definition) is 1. The topological polar surface area (TPSA) is 66.4 Å². The zero-order valence-electron chi connectivity index (χ0n) is 34.6. The molecule has 1 N–H and O–H groups in total. The van der Waals surface area contributed by atoms with Crippen molar-refractivity contribution in [1.82, 2.24) is 0 Å². The summed E-state index contributed by atoms with van der Waals surface area (Å²) in [6, 6.07) is 31.9. The van der Waals surface area contributed by atoms with Gasteiger partial charge in [-0.25, -0.2) is 0 Å². The standard InChI is InChI=1S/C43H68O6Si3/c1-40(2,3)51(11,12)48-37-38(49-52(13,14)41(4,5)6)42(7,44)36(47-39(37)45-30-31-50(8,9)10)32-46-43(33-24-18-15-19-25-33,34-26-20-16-21-27-34)35-28-22-17-23-29-35/h15-29,36-39,44H,30-32H2,1-14H3/t36-,37-,38-,39-,42-/m1/s1. The zero-order chi connectivity index (χ0) is 38.8. The minimum atomic E-state index is -2.45. The quantitative estimate of drug-likeness (QED) is 0.130. The molecule has 3 aromatic carbocycles. The van der Waals surface area contributed by atoms with E-state index in [4.69, 9.17) is 23.1 Å². The lowest BCUT2D eigenvalue weighted by atomic mass is 9.79. The first-order valence-corrected chi connectivity index (χ1v) is 28.6. The second-order valence-corrected chi connectivity index (χ2v) is 34.3. The molecule has 0 radical (unpaired) electrons. The molecule has 1 heterocycles. The lowest BCUT2D eigenvalue weighted by molar-refractivity contribution is -0.324. The van der Waals surface area contributed by atoms with E-state index in [2.05, 4.69) is 124 Å². The Morgan fingerprint density at radius 1 is 0.654 bits per heavy atom. The van der Waals surface area contributed by atoms with Crippen LogP contribution in [0.15, 0.2) is 91.0 Å². The van der Waals surface area contributed by atoms with E-state index in [0.717, 1.165) is 22.7 Å². The Balaban J connectivity index is 1.86. The highest BCUT2D eigenvalue weighted by atomic mass is 28.4. The third kappa shape index (κ3) is 9.65. The van der Waals surface area contributed by atoms with Crippen molar-refractivity contribution in [1.29, 1.82) is 0 Å². The van der Waals surface area contributed by atoms with Crippen LogP contribution in [0, 0.1) is 0 Å². The number of benzene rings is 3. The summed E-state index contributed by atoms with van der Waals surface area (Å²) in [7, 11) is -6.28. The Labute approximate surface area is 318 Å². The molecular formula is C43H68O6Si3. The van der Waals surface area contributed by atoms with E-state index >= 15 is 0 Å². The van der Waals surface area contributed by atoms with E-state index in [0.29, 0.717) is 6.61 Å². The third-order valence-corrected chi connectivity index (χ3v) is 22.3. The van der Waals surface area contributed by atoms with E-state index in [9.17, 15) is 5.11 Å². The van der Waals surface area contributed by atoms with Gasteiger partial charge in [0.2, 0.25) is 0 Å². The van der Waals surface area contributed by atoms with Gasteiger partial charge in [-0.1, -0.05) is 152 Å². The SMILES string of the molecule is CC(C)(C)[Si](C)(C)O[C@H]1[C@H](OCC[Si](C)(C)C)O[C@H](COC(c2ccccc2)(c2ccccc2)c2ccccc2)[C@@](C)(O)[C@@H]1O[Si](C)(C)C(C)(C)C. The van der Waals surface area contributed by atoms with E-state index in [1.165, 1.54) is 0 Å². The predicted octanol–water partition coefficient (Wildman–Crippen LogP) is 10.6. The first-order valence-electron chi connectivity index (χ1n) is 19.1. The van der Waals surface area contributed by atoms with Crippen molar-refractivity contribution in [2.24, 2.45) is 0 Å². The van der Waals surface area contributed by atoms with Gasteiger partial charge < -0.3 is 28.2 Å². The van der Waals surface area contributed by atoms with Gasteiger partial charge in [-0.3, -0.25) is 0 Å². The van der Waals surface area contributed by atoms with Gasteiger partial charge in [0.15, 0.2) is 22.9 Å². The highest BCUT2D eigenvalue weighted by molar-refractivity contribution is 6.76. The molecule has 4 rings (SSSR count). The highest BCUT2D eigenvalue weighted by Crippen LogP contribution is 2.47. The van der Waals surface area contributed by atoms with Crippen LogP contribution in [0.25, 0.3) is 0 Å². The molecular weight excluding hydrogens is 697 g/mol. The number of ether oxygens (including phenoxy) is 3. The minimum absolute atomic E-state index is 0.0732. The molecule has 6 nitrogen and oxygen atoms in total.